The van der Waals surface area contributed by atoms with Gasteiger partial charge in [0.25, 0.3) is 15.9 Å². The number of thiophene rings is 1. The van der Waals surface area contributed by atoms with Crippen molar-refractivity contribution in [1.29, 1.82) is 0 Å². The van der Waals surface area contributed by atoms with E-state index in [1.807, 2.05) is 0 Å². The maximum Gasteiger partial charge on any atom is 0.254 e. The summed E-state index contributed by atoms with van der Waals surface area (Å²) in [5.74, 6) is -0.0783. The number of benzene rings is 1. The average molecular weight is 498 g/mol. The SMILES string of the molecule is O=C(Nc1cccc(C(=O)N2CCN(S(=O)(=O)c3ccc(Br)s3)CC2)c1)C1CC1. The lowest BCUT2D eigenvalue weighted by molar-refractivity contribution is -0.117. The summed E-state index contributed by atoms with van der Waals surface area (Å²) in [7, 11) is -3.54. The van der Waals surface area contributed by atoms with Gasteiger partial charge in [0.05, 0.1) is 3.79 Å². The molecule has 0 atom stereocenters. The van der Waals surface area contributed by atoms with Crippen molar-refractivity contribution in [3.05, 3.63) is 45.7 Å². The van der Waals surface area contributed by atoms with Crippen LogP contribution in [0.2, 0.25) is 0 Å². The summed E-state index contributed by atoms with van der Waals surface area (Å²) >= 11 is 4.47. The van der Waals surface area contributed by atoms with Crippen molar-refractivity contribution in [2.24, 2.45) is 5.92 Å². The molecule has 1 aromatic heterocycles. The summed E-state index contributed by atoms with van der Waals surface area (Å²) in [6.07, 6.45) is 1.83. The molecule has 1 N–H and O–H groups in total. The van der Waals surface area contributed by atoms with Crippen molar-refractivity contribution in [3.63, 3.8) is 0 Å². The lowest BCUT2D eigenvalue weighted by Crippen LogP contribution is -2.50. The fourth-order valence-corrected chi connectivity index (χ4v) is 6.78. The fourth-order valence-electron chi connectivity index (χ4n) is 3.20. The van der Waals surface area contributed by atoms with Crippen molar-refractivity contribution >= 4 is 54.8 Å². The van der Waals surface area contributed by atoms with Crippen molar-refractivity contribution < 1.29 is 18.0 Å². The van der Waals surface area contributed by atoms with E-state index in [9.17, 15) is 18.0 Å². The Hall–Kier alpha value is -1.75. The molecule has 29 heavy (non-hydrogen) atoms. The van der Waals surface area contributed by atoms with Crippen LogP contribution in [0.15, 0.2) is 44.4 Å². The van der Waals surface area contributed by atoms with Crippen LogP contribution in [0.25, 0.3) is 0 Å². The van der Waals surface area contributed by atoms with E-state index in [1.54, 1.807) is 41.3 Å². The van der Waals surface area contributed by atoms with Crippen LogP contribution in [0.3, 0.4) is 0 Å². The van der Waals surface area contributed by atoms with E-state index in [1.165, 1.54) is 15.6 Å². The first-order chi connectivity index (χ1) is 13.8. The number of halogens is 1. The van der Waals surface area contributed by atoms with E-state index in [-0.39, 0.29) is 30.8 Å². The van der Waals surface area contributed by atoms with Gasteiger partial charge in [0.1, 0.15) is 4.21 Å². The number of rotatable bonds is 5. The van der Waals surface area contributed by atoms with Gasteiger partial charge in [-0.15, -0.1) is 11.3 Å². The third-order valence-corrected chi connectivity index (χ3v) is 8.98. The van der Waals surface area contributed by atoms with Crippen molar-refractivity contribution in [1.82, 2.24) is 9.21 Å². The predicted molar refractivity (Wildman–Crippen MR) is 114 cm³/mol. The van der Waals surface area contributed by atoms with Gasteiger partial charge in [0, 0.05) is 43.3 Å². The summed E-state index contributed by atoms with van der Waals surface area (Å²) in [6, 6.07) is 10.2. The van der Waals surface area contributed by atoms with Crippen LogP contribution in [0.4, 0.5) is 5.69 Å². The quantitative estimate of drug-likeness (QED) is 0.687. The molecule has 7 nitrogen and oxygen atoms in total. The molecule has 0 unspecified atom stereocenters. The van der Waals surface area contributed by atoms with E-state index in [0.717, 1.165) is 16.6 Å². The van der Waals surface area contributed by atoms with Gasteiger partial charge in [-0.1, -0.05) is 6.07 Å². The second-order valence-corrected chi connectivity index (χ2v) is 11.7. The number of carbonyl (C=O) groups excluding carboxylic acids is 2. The highest BCUT2D eigenvalue weighted by Crippen LogP contribution is 2.31. The van der Waals surface area contributed by atoms with Crippen LogP contribution in [-0.2, 0) is 14.8 Å². The van der Waals surface area contributed by atoms with E-state index in [2.05, 4.69) is 21.2 Å². The Morgan fingerprint density at radius 2 is 1.79 bits per heavy atom. The van der Waals surface area contributed by atoms with E-state index >= 15 is 0 Å². The van der Waals surface area contributed by atoms with Crippen LogP contribution in [0.5, 0.6) is 0 Å². The molecular weight excluding hydrogens is 478 g/mol. The van der Waals surface area contributed by atoms with E-state index in [0.29, 0.717) is 28.5 Å². The Morgan fingerprint density at radius 3 is 2.41 bits per heavy atom. The Kier molecular flexibility index (Phi) is 5.78. The molecular formula is C19H20BrN3O4S2. The minimum absolute atomic E-state index is 0.00589. The summed E-state index contributed by atoms with van der Waals surface area (Å²) in [4.78, 5) is 26.4. The van der Waals surface area contributed by atoms with Crippen LogP contribution >= 0.6 is 27.3 Å². The molecule has 1 aliphatic carbocycles. The van der Waals surface area contributed by atoms with Gasteiger partial charge in [-0.2, -0.15) is 4.31 Å². The maximum atomic E-state index is 12.9. The second-order valence-electron chi connectivity index (χ2n) is 7.10. The third kappa shape index (κ3) is 4.55. The largest absolute Gasteiger partial charge is 0.336 e. The first kappa shape index (κ1) is 20.5. The molecule has 0 spiro atoms. The second kappa shape index (κ2) is 8.17. The smallest absolute Gasteiger partial charge is 0.254 e. The molecule has 10 heteroatoms. The molecule has 4 rings (SSSR count). The maximum absolute atomic E-state index is 12.9. The first-order valence-electron chi connectivity index (χ1n) is 9.30. The molecule has 1 saturated heterocycles. The molecule has 1 saturated carbocycles. The third-order valence-electron chi connectivity index (χ3n) is 4.99. The first-order valence-corrected chi connectivity index (χ1v) is 12.4. The Morgan fingerprint density at radius 1 is 1.07 bits per heavy atom. The molecule has 2 fully saturated rings. The number of nitrogens with zero attached hydrogens (tertiary/aromatic N) is 2. The lowest BCUT2D eigenvalue weighted by Gasteiger charge is -2.33. The topological polar surface area (TPSA) is 86.8 Å². The minimum atomic E-state index is -3.54. The Labute approximate surface area is 181 Å². The van der Waals surface area contributed by atoms with Gasteiger partial charge < -0.3 is 10.2 Å². The van der Waals surface area contributed by atoms with Gasteiger partial charge in [-0.05, 0) is 59.1 Å². The fraction of sp³-hybridized carbons (Fsp3) is 0.368. The molecule has 0 radical (unpaired) electrons. The summed E-state index contributed by atoms with van der Waals surface area (Å²) in [5.41, 5.74) is 1.09. The number of hydrogen-bond acceptors (Lipinski definition) is 5. The molecule has 154 valence electrons. The van der Waals surface area contributed by atoms with Gasteiger partial charge in [-0.3, -0.25) is 9.59 Å². The van der Waals surface area contributed by atoms with Crippen LogP contribution in [-0.4, -0.2) is 55.6 Å². The monoisotopic (exact) mass is 497 g/mol. The van der Waals surface area contributed by atoms with Crippen molar-refractivity contribution in [2.75, 3.05) is 31.5 Å². The zero-order valence-electron chi connectivity index (χ0n) is 15.5. The number of hydrogen-bond donors (Lipinski definition) is 1. The summed E-state index contributed by atoms with van der Waals surface area (Å²) in [6.45, 7) is 1.15. The van der Waals surface area contributed by atoms with Gasteiger partial charge >= 0.3 is 0 Å². The number of carbonyl (C=O) groups is 2. The Balaban J connectivity index is 1.39. The standard InChI is InChI=1S/C19H20BrN3O4S2/c20-16-6-7-17(28-16)29(26,27)23-10-8-22(9-11-23)19(25)14-2-1-3-15(12-14)21-18(24)13-4-5-13/h1-3,6-7,12-13H,4-5,8-11H2,(H,21,24). The predicted octanol–water partition coefficient (Wildman–Crippen LogP) is 3.01. The number of anilines is 1. The highest BCUT2D eigenvalue weighted by molar-refractivity contribution is 9.11. The number of piperazine rings is 1. The minimum Gasteiger partial charge on any atom is -0.336 e. The highest BCUT2D eigenvalue weighted by atomic mass is 79.9. The normalized spacial score (nSPS) is 17.9. The summed E-state index contributed by atoms with van der Waals surface area (Å²) < 4.78 is 27.9. The number of sulfonamides is 1. The van der Waals surface area contributed by atoms with Crippen LogP contribution in [0, 0.1) is 5.92 Å². The van der Waals surface area contributed by atoms with Crippen molar-refractivity contribution in [3.8, 4) is 0 Å². The molecule has 0 bridgehead atoms. The van der Waals surface area contributed by atoms with E-state index < -0.39 is 10.0 Å². The van der Waals surface area contributed by atoms with Gasteiger partial charge in [0.15, 0.2) is 0 Å². The van der Waals surface area contributed by atoms with Crippen LogP contribution in [0.1, 0.15) is 23.2 Å². The molecule has 2 aromatic rings. The molecule has 1 aromatic carbocycles. The zero-order chi connectivity index (χ0) is 20.6. The molecule has 2 heterocycles. The molecule has 2 amide bonds. The van der Waals surface area contributed by atoms with Gasteiger partial charge in [-0.25, -0.2) is 8.42 Å². The summed E-state index contributed by atoms with van der Waals surface area (Å²) in [5, 5.41) is 2.85. The highest BCUT2D eigenvalue weighted by Gasteiger charge is 2.32. The van der Waals surface area contributed by atoms with Crippen molar-refractivity contribution in [2.45, 2.75) is 17.1 Å². The van der Waals surface area contributed by atoms with Gasteiger partial charge in [0.2, 0.25) is 5.91 Å². The van der Waals surface area contributed by atoms with E-state index in [4.69, 9.17) is 0 Å². The average Bonchev–Trinajstić information content (AvgIpc) is 3.48. The molecule has 2 aliphatic rings. The Bertz CT molecular complexity index is 1040. The zero-order valence-corrected chi connectivity index (χ0v) is 18.7. The van der Waals surface area contributed by atoms with Crippen LogP contribution < -0.4 is 5.32 Å². The lowest BCUT2D eigenvalue weighted by atomic mass is 10.1. The number of amides is 2. The molecule has 1 aliphatic heterocycles. The number of nitrogens with one attached hydrogen (secondary N) is 1.